The van der Waals surface area contributed by atoms with Crippen LogP contribution in [0.25, 0.3) is 0 Å². The Morgan fingerprint density at radius 3 is 2.44 bits per heavy atom. The van der Waals surface area contributed by atoms with Gasteiger partial charge in [-0.25, -0.2) is 4.39 Å². The van der Waals surface area contributed by atoms with Gasteiger partial charge in [0.1, 0.15) is 18.2 Å². The summed E-state index contributed by atoms with van der Waals surface area (Å²) in [4.78, 5) is 0. The summed E-state index contributed by atoms with van der Waals surface area (Å²) in [5.41, 5.74) is 5.10. The van der Waals surface area contributed by atoms with Crippen molar-refractivity contribution in [3.8, 4) is 5.75 Å². The average Bonchev–Trinajstić information content (AvgIpc) is 2.63. The predicted octanol–water partition coefficient (Wildman–Crippen LogP) is 6.94. The maximum absolute atomic E-state index is 13.1. The van der Waals surface area contributed by atoms with Gasteiger partial charge in [0, 0.05) is 22.8 Å². The molecule has 5 heteroatoms. The van der Waals surface area contributed by atoms with E-state index in [4.69, 9.17) is 27.9 Å². The van der Waals surface area contributed by atoms with Crippen LogP contribution in [-0.4, -0.2) is 0 Å². The van der Waals surface area contributed by atoms with Gasteiger partial charge in [0.15, 0.2) is 0 Å². The molecule has 0 spiro atoms. The lowest BCUT2D eigenvalue weighted by Gasteiger charge is -2.16. The zero-order chi connectivity index (χ0) is 19.4. The molecule has 0 radical (unpaired) electrons. The second-order valence-electron chi connectivity index (χ2n) is 6.46. The first-order valence-corrected chi connectivity index (χ1v) is 9.34. The molecule has 2 nitrogen and oxygen atoms in total. The monoisotopic (exact) mass is 403 g/mol. The van der Waals surface area contributed by atoms with Crippen molar-refractivity contribution >= 4 is 28.9 Å². The van der Waals surface area contributed by atoms with Crippen LogP contribution in [0.15, 0.2) is 54.6 Å². The Morgan fingerprint density at radius 1 is 0.963 bits per heavy atom. The summed E-state index contributed by atoms with van der Waals surface area (Å²) in [6.45, 7) is 4.91. The molecule has 3 aromatic carbocycles. The first kappa shape index (κ1) is 19.5. The maximum Gasteiger partial charge on any atom is 0.143 e. The molecule has 0 atom stereocenters. The summed E-state index contributed by atoms with van der Waals surface area (Å²) in [5, 5.41) is 4.42. The van der Waals surface area contributed by atoms with E-state index in [1.165, 1.54) is 17.7 Å². The molecule has 140 valence electrons. The fourth-order valence-electron chi connectivity index (χ4n) is 2.76. The van der Waals surface area contributed by atoms with Crippen molar-refractivity contribution in [2.24, 2.45) is 0 Å². The van der Waals surface area contributed by atoms with E-state index < -0.39 is 0 Å². The molecule has 0 fully saturated rings. The van der Waals surface area contributed by atoms with Crippen molar-refractivity contribution in [1.82, 2.24) is 0 Å². The smallest absolute Gasteiger partial charge is 0.143 e. The SMILES string of the molecule is Cc1ccc(C)c(NCc2cc(Cl)cc(Cl)c2OCc2ccc(F)cc2)c1. The Labute approximate surface area is 168 Å². The highest BCUT2D eigenvalue weighted by Crippen LogP contribution is 2.34. The molecule has 0 aliphatic heterocycles. The Bertz CT molecular complexity index is 942. The maximum atomic E-state index is 13.1. The molecule has 3 aromatic rings. The largest absolute Gasteiger partial charge is 0.487 e. The van der Waals surface area contributed by atoms with E-state index in [-0.39, 0.29) is 12.4 Å². The first-order valence-electron chi connectivity index (χ1n) is 8.58. The van der Waals surface area contributed by atoms with Gasteiger partial charge in [-0.05, 0) is 60.9 Å². The first-order chi connectivity index (χ1) is 12.9. The van der Waals surface area contributed by atoms with Gasteiger partial charge < -0.3 is 10.1 Å². The second-order valence-corrected chi connectivity index (χ2v) is 7.31. The summed E-state index contributed by atoms with van der Waals surface area (Å²) in [5.74, 6) is 0.296. The minimum atomic E-state index is -0.276. The number of anilines is 1. The van der Waals surface area contributed by atoms with Crippen LogP contribution < -0.4 is 10.1 Å². The Hall–Kier alpha value is -2.23. The molecule has 3 rings (SSSR count). The molecule has 0 saturated carbocycles. The zero-order valence-electron chi connectivity index (χ0n) is 15.2. The second kappa shape index (κ2) is 8.64. The average molecular weight is 404 g/mol. The highest BCUT2D eigenvalue weighted by Gasteiger charge is 2.12. The molecule has 0 unspecified atom stereocenters. The Balaban J connectivity index is 1.79. The number of rotatable bonds is 6. The minimum Gasteiger partial charge on any atom is -0.487 e. The van der Waals surface area contributed by atoms with E-state index in [0.29, 0.717) is 22.3 Å². The van der Waals surface area contributed by atoms with Gasteiger partial charge in [0.05, 0.1) is 5.02 Å². The van der Waals surface area contributed by atoms with Crippen LogP contribution in [0.2, 0.25) is 10.0 Å². The minimum absolute atomic E-state index is 0.276. The van der Waals surface area contributed by atoms with Crippen molar-refractivity contribution in [3.63, 3.8) is 0 Å². The normalized spacial score (nSPS) is 10.7. The summed E-state index contributed by atoms with van der Waals surface area (Å²) in [6, 6.07) is 15.9. The van der Waals surface area contributed by atoms with E-state index in [1.54, 1.807) is 18.2 Å². The van der Waals surface area contributed by atoms with Crippen LogP contribution in [0, 0.1) is 19.7 Å². The number of hydrogen-bond acceptors (Lipinski definition) is 2. The lowest BCUT2D eigenvalue weighted by atomic mass is 10.1. The number of nitrogens with one attached hydrogen (secondary N) is 1. The number of benzene rings is 3. The lowest BCUT2D eigenvalue weighted by molar-refractivity contribution is 0.303. The van der Waals surface area contributed by atoms with E-state index >= 15 is 0 Å². The predicted molar refractivity (Wildman–Crippen MR) is 110 cm³/mol. The van der Waals surface area contributed by atoms with Gasteiger partial charge in [-0.1, -0.05) is 47.5 Å². The van der Waals surface area contributed by atoms with E-state index in [9.17, 15) is 4.39 Å². The van der Waals surface area contributed by atoms with Crippen molar-refractivity contribution in [3.05, 3.63) is 92.7 Å². The van der Waals surface area contributed by atoms with E-state index in [1.807, 2.05) is 6.07 Å². The van der Waals surface area contributed by atoms with E-state index in [2.05, 4.69) is 37.4 Å². The summed E-state index contributed by atoms with van der Waals surface area (Å²) in [7, 11) is 0. The molecule has 0 saturated heterocycles. The number of hydrogen-bond donors (Lipinski definition) is 1. The molecular weight excluding hydrogens is 384 g/mol. The van der Waals surface area contributed by atoms with Crippen LogP contribution in [-0.2, 0) is 13.2 Å². The molecule has 0 aliphatic carbocycles. The third-order valence-electron chi connectivity index (χ3n) is 4.24. The van der Waals surface area contributed by atoms with Gasteiger partial charge in [-0.3, -0.25) is 0 Å². The Morgan fingerprint density at radius 2 is 1.70 bits per heavy atom. The Kier molecular flexibility index (Phi) is 6.25. The molecule has 0 bridgehead atoms. The number of ether oxygens (including phenoxy) is 1. The van der Waals surface area contributed by atoms with Gasteiger partial charge in [-0.15, -0.1) is 0 Å². The van der Waals surface area contributed by atoms with Gasteiger partial charge >= 0.3 is 0 Å². The lowest BCUT2D eigenvalue weighted by Crippen LogP contribution is -2.05. The third kappa shape index (κ3) is 5.15. The van der Waals surface area contributed by atoms with Crippen LogP contribution >= 0.6 is 23.2 Å². The summed E-state index contributed by atoms with van der Waals surface area (Å²) in [6.07, 6.45) is 0. The van der Waals surface area contributed by atoms with Crippen LogP contribution in [0.1, 0.15) is 22.3 Å². The molecule has 0 amide bonds. The number of aryl methyl sites for hydroxylation is 2. The van der Waals surface area contributed by atoms with Crippen molar-refractivity contribution in [1.29, 1.82) is 0 Å². The highest BCUT2D eigenvalue weighted by molar-refractivity contribution is 6.35. The quantitative estimate of drug-likeness (QED) is 0.481. The molecule has 0 heterocycles. The molecule has 27 heavy (non-hydrogen) atoms. The van der Waals surface area contributed by atoms with Crippen molar-refractivity contribution in [2.75, 3.05) is 5.32 Å². The van der Waals surface area contributed by atoms with Gasteiger partial charge in [-0.2, -0.15) is 0 Å². The third-order valence-corrected chi connectivity index (χ3v) is 4.74. The van der Waals surface area contributed by atoms with Crippen molar-refractivity contribution < 1.29 is 9.13 Å². The molecule has 0 aromatic heterocycles. The van der Waals surface area contributed by atoms with Crippen LogP contribution in [0.3, 0.4) is 0 Å². The summed E-state index contributed by atoms with van der Waals surface area (Å²) < 4.78 is 19.0. The van der Waals surface area contributed by atoms with Crippen molar-refractivity contribution in [2.45, 2.75) is 27.0 Å². The molecule has 1 N–H and O–H groups in total. The fraction of sp³-hybridized carbons (Fsp3) is 0.182. The molecular formula is C22H20Cl2FNO. The van der Waals surface area contributed by atoms with Crippen LogP contribution in [0.5, 0.6) is 5.75 Å². The highest BCUT2D eigenvalue weighted by atomic mass is 35.5. The zero-order valence-corrected chi connectivity index (χ0v) is 16.7. The van der Waals surface area contributed by atoms with E-state index in [0.717, 1.165) is 22.4 Å². The fourth-order valence-corrected chi connectivity index (χ4v) is 3.35. The van der Waals surface area contributed by atoms with Gasteiger partial charge in [0.25, 0.3) is 0 Å². The standard InChI is InChI=1S/C22H20Cl2FNO/c1-14-3-4-15(2)21(9-14)26-12-17-10-18(23)11-20(24)22(17)27-13-16-5-7-19(25)8-6-16/h3-11,26H,12-13H2,1-2H3. The molecule has 0 aliphatic rings. The van der Waals surface area contributed by atoms with Crippen LogP contribution in [0.4, 0.5) is 10.1 Å². The van der Waals surface area contributed by atoms with Gasteiger partial charge in [0.2, 0.25) is 0 Å². The topological polar surface area (TPSA) is 21.3 Å². The number of halogens is 3. The summed E-state index contributed by atoms with van der Waals surface area (Å²) >= 11 is 12.6.